The minimum atomic E-state index is -0.169. The van der Waals surface area contributed by atoms with Crippen LogP contribution in [0.15, 0.2) is 48.4 Å². The van der Waals surface area contributed by atoms with Gasteiger partial charge in [0.25, 0.3) is 5.91 Å². The first-order chi connectivity index (χ1) is 11.7. The second-order valence-electron chi connectivity index (χ2n) is 5.77. The van der Waals surface area contributed by atoms with Gasteiger partial charge < -0.3 is 9.64 Å². The van der Waals surface area contributed by atoms with Crippen LogP contribution in [0.3, 0.4) is 0 Å². The molecule has 0 atom stereocenters. The van der Waals surface area contributed by atoms with Crippen molar-refractivity contribution in [1.82, 2.24) is 10.9 Å². The van der Waals surface area contributed by atoms with Gasteiger partial charge in [-0.1, -0.05) is 24.8 Å². The summed E-state index contributed by atoms with van der Waals surface area (Å²) in [4.78, 5) is 14.7. The van der Waals surface area contributed by atoms with Gasteiger partial charge in [-0.05, 0) is 23.6 Å². The topological polar surface area (TPSA) is 54.8 Å². The SMILES string of the molecule is C=C(NNC(=O)c1ccc(C[NH+]2CCOCC2)cc1)c1cccs1. The van der Waals surface area contributed by atoms with Gasteiger partial charge in [-0.3, -0.25) is 15.6 Å². The Morgan fingerprint density at radius 1 is 1.17 bits per heavy atom. The lowest BCUT2D eigenvalue weighted by Gasteiger charge is -2.23. The minimum Gasteiger partial charge on any atom is -0.370 e. The summed E-state index contributed by atoms with van der Waals surface area (Å²) in [6.45, 7) is 8.62. The molecule has 0 saturated carbocycles. The van der Waals surface area contributed by atoms with Crippen LogP contribution in [0.25, 0.3) is 5.70 Å². The van der Waals surface area contributed by atoms with Gasteiger partial charge in [0.2, 0.25) is 0 Å². The van der Waals surface area contributed by atoms with Crippen LogP contribution in [-0.2, 0) is 11.3 Å². The van der Waals surface area contributed by atoms with Crippen molar-refractivity contribution in [3.8, 4) is 0 Å². The average molecular weight is 344 g/mol. The van der Waals surface area contributed by atoms with E-state index in [9.17, 15) is 4.79 Å². The van der Waals surface area contributed by atoms with Crippen molar-refractivity contribution in [2.24, 2.45) is 0 Å². The van der Waals surface area contributed by atoms with Crippen molar-refractivity contribution in [2.75, 3.05) is 26.3 Å². The molecule has 1 aliphatic rings. The molecule has 2 heterocycles. The highest BCUT2D eigenvalue weighted by atomic mass is 32.1. The van der Waals surface area contributed by atoms with Crippen LogP contribution in [-0.4, -0.2) is 32.2 Å². The number of morpholine rings is 1. The molecule has 5 nitrogen and oxygen atoms in total. The number of nitrogens with one attached hydrogen (secondary N) is 3. The van der Waals surface area contributed by atoms with Crippen molar-refractivity contribution in [3.05, 3.63) is 64.4 Å². The molecule has 0 spiro atoms. The van der Waals surface area contributed by atoms with E-state index in [1.807, 2.05) is 41.8 Å². The Hall–Kier alpha value is -2.15. The molecular formula is C18H22N3O2S+. The van der Waals surface area contributed by atoms with Crippen LogP contribution < -0.4 is 15.8 Å². The number of amides is 1. The first-order valence-electron chi connectivity index (χ1n) is 8.02. The normalized spacial score (nSPS) is 15.0. The fourth-order valence-corrected chi connectivity index (χ4v) is 3.27. The molecule has 0 radical (unpaired) electrons. The van der Waals surface area contributed by atoms with E-state index >= 15 is 0 Å². The molecular weight excluding hydrogens is 322 g/mol. The number of hydrazine groups is 1. The lowest BCUT2D eigenvalue weighted by atomic mass is 10.1. The molecule has 24 heavy (non-hydrogen) atoms. The Balaban J connectivity index is 1.50. The van der Waals surface area contributed by atoms with Gasteiger partial charge in [0.05, 0.1) is 23.8 Å². The van der Waals surface area contributed by atoms with Crippen LogP contribution in [0.5, 0.6) is 0 Å². The number of hydrogen-bond acceptors (Lipinski definition) is 4. The van der Waals surface area contributed by atoms with Crippen LogP contribution in [0, 0.1) is 0 Å². The quantitative estimate of drug-likeness (QED) is 0.687. The van der Waals surface area contributed by atoms with Gasteiger partial charge in [0.15, 0.2) is 0 Å². The Morgan fingerprint density at radius 3 is 2.58 bits per heavy atom. The van der Waals surface area contributed by atoms with Gasteiger partial charge >= 0.3 is 0 Å². The molecule has 3 rings (SSSR count). The molecule has 6 heteroatoms. The van der Waals surface area contributed by atoms with Crippen molar-refractivity contribution in [2.45, 2.75) is 6.54 Å². The predicted octanol–water partition coefficient (Wildman–Crippen LogP) is 1.07. The number of thiophene rings is 1. The number of carbonyl (C=O) groups is 1. The minimum absolute atomic E-state index is 0.169. The zero-order valence-corrected chi connectivity index (χ0v) is 14.3. The first-order valence-corrected chi connectivity index (χ1v) is 8.90. The molecule has 1 saturated heterocycles. The molecule has 1 amide bonds. The molecule has 1 fully saturated rings. The lowest BCUT2D eigenvalue weighted by molar-refractivity contribution is -0.921. The summed E-state index contributed by atoms with van der Waals surface area (Å²) >= 11 is 1.57. The summed E-state index contributed by atoms with van der Waals surface area (Å²) in [7, 11) is 0. The van der Waals surface area contributed by atoms with Crippen LogP contribution in [0.1, 0.15) is 20.8 Å². The molecule has 0 bridgehead atoms. The largest absolute Gasteiger partial charge is 0.370 e. The van der Waals surface area contributed by atoms with Crippen molar-refractivity contribution in [1.29, 1.82) is 0 Å². The number of carbonyl (C=O) groups excluding carboxylic acids is 1. The first kappa shape index (κ1) is 16.7. The number of quaternary nitrogens is 1. The molecule has 1 aromatic heterocycles. The van der Waals surface area contributed by atoms with E-state index in [0.29, 0.717) is 11.3 Å². The highest BCUT2D eigenvalue weighted by molar-refractivity contribution is 7.11. The van der Waals surface area contributed by atoms with Crippen molar-refractivity contribution >= 4 is 22.9 Å². The van der Waals surface area contributed by atoms with Crippen molar-refractivity contribution in [3.63, 3.8) is 0 Å². The summed E-state index contributed by atoms with van der Waals surface area (Å²) < 4.78 is 5.37. The number of benzene rings is 1. The Morgan fingerprint density at radius 2 is 1.92 bits per heavy atom. The van der Waals surface area contributed by atoms with E-state index in [4.69, 9.17) is 4.74 Å². The zero-order chi connectivity index (χ0) is 16.8. The summed E-state index contributed by atoms with van der Waals surface area (Å²) in [6, 6.07) is 11.7. The highest BCUT2D eigenvalue weighted by Gasteiger charge is 2.14. The Kier molecular flexibility index (Phi) is 5.63. The monoisotopic (exact) mass is 344 g/mol. The maximum Gasteiger partial charge on any atom is 0.269 e. The predicted molar refractivity (Wildman–Crippen MR) is 95.6 cm³/mol. The van der Waals surface area contributed by atoms with E-state index in [-0.39, 0.29) is 5.91 Å². The summed E-state index contributed by atoms with van der Waals surface area (Å²) in [6.07, 6.45) is 0. The van der Waals surface area contributed by atoms with Crippen molar-refractivity contribution < 1.29 is 14.4 Å². The number of ether oxygens (including phenoxy) is 1. The molecule has 0 unspecified atom stereocenters. The van der Waals surface area contributed by atoms with E-state index in [2.05, 4.69) is 17.4 Å². The standard InChI is InChI=1S/C18H21N3O2S/c1-14(17-3-2-12-24-17)19-20-18(22)16-6-4-15(5-7-16)13-21-8-10-23-11-9-21/h2-7,12,19H,1,8-11,13H2,(H,20,22)/p+1. The maximum atomic E-state index is 12.2. The maximum absolute atomic E-state index is 12.2. The highest BCUT2D eigenvalue weighted by Crippen LogP contribution is 2.15. The van der Waals surface area contributed by atoms with E-state index in [0.717, 1.165) is 37.7 Å². The average Bonchev–Trinajstić information content (AvgIpc) is 3.16. The van der Waals surface area contributed by atoms with Gasteiger partial charge in [0, 0.05) is 11.1 Å². The van der Waals surface area contributed by atoms with Crippen LogP contribution in [0.2, 0.25) is 0 Å². The number of rotatable bonds is 6. The molecule has 2 aromatic rings. The van der Waals surface area contributed by atoms with E-state index in [1.54, 1.807) is 11.3 Å². The smallest absolute Gasteiger partial charge is 0.269 e. The van der Waals surface area contributed by atoms with Gasteiger partial charge in [0.1, 0.15) is 19.6 Å². The van der Waals surface area contributed by atoms with Gasteiger partial charge in [-0.2, -0.15) is 0 Å². The Bertz CT molecular complexity index is 677. The zero-order valence-electron chi connectivity index (χ0n) is 13.5. The third-order valence-corrected chi connectivity index (χ3v) is 4.95. The molecule has 1 aromatic carbocycles. The lowest BCUT2D eigenvalue weighted by Crippen LogP contribution is -3.12. The summed E-state index contributed by atoms with van der Waals surface area (Å²) in [5, 5.41) is 1.97. The van der Waals surface area contributed by atoms with Crippen LogP contribution >= 0.6 is 11.3 Å². The fourth-order valence-electron chi connectivity index (χ4n) is 2.62. The fraction of sp³-hybridized carbons (Fsp3) is 0.278. The van der Waals surface area contributed by atoms with Gasteiger partial charge in [-0.25, -0.2) is 0 Å². The van der Waals surface area contributed by atoms with E-state index in [1.165, 1.54) is 10.5 Å². The van der Waals surface area contributed by atoms with Crippen LogP contribution in [0.4, 0.5) is 0 Å². The second kappa shape index (κ2) is 8.10. The van der Waals surface area contributed by atoms with Gasteiger partial charge in [-0.15, -0.1) is 11.3 Å². The molecule has 0 aliphatic carbocycles. The molecule has 1 aliphatic heterocycles. The second-order valence-corrected chi connectivity index (χ2v) is 6.72. The Labute approximate surface area is 145 Å². The molecule has 3 N–H and O–H groups in total. The third kappa shape index (κ3) is 4.44. The number of hydrogen-bond donors (Lipinski definition) is 3. The van der Waals surface area contributed by atoms with E-state index < -0.39 is 0 Å². The summed E-state index contributed by atoms with van der Waals surface area (Å²) in [5.41, 5.74) is 8.09. The molecule has 126 valence electrons. The third-order valence-electron chi connectivity index (χ3n) is 4.02. The summed E-state index contributed by atoms with van der Waals surface area (Å²) in [5.74, 6) is -0.169.